The SMILES string of the molecule is CCCNC(C)c1ccc(Oc2ccccc2C)c(F)c1. The highest BCUT2D eigenvalue weighted by Gasteiger charge is 2.11. The second-order valence-electron chi connectivity index (χ2n) is 5.23. The minimum atomic E-state index is -0.332. The van der Waals surface area contributed by atoms with Gasteiger partial charge in [-0.2, -0.15) is 0 Å². The van der Waals surface area contributed by atoms with Gasteiger partial charge < -0.3 is 10.1 Å². The van der Waals surface area contributed by atoms with Gasteiger partial charge in [-0.3, -0.25) is 0 Å². The molecule has 3 heteroatoms. The Bertz CT molecular complexity index is 598. The molecule has 2 aromatic carbocycles. The lowest BCUT2D eigenvalue weighted by molar-refractivity contribution is 0.437. The van der Waals surface area contributed by atoms with E-state index < -0.39 is 0 Å². The quantitative estimate of drug-likeness (QED) is 0.808. The fourth-order valence-corrected chi connectivity index (χ4v) is 2.14. The minimum absolute atomic E-state index is 0.131. The molecule has 0 aromatic heterocycles. The zero-order chi connectivity index (χ0) is 15.2. The van der Waals surface area contributed by atoms with E-state index in [1.165, 1.54) is 0 Å². The van der Waals surface area contributed by atoms with Crippen LogP contribution in [0.15, 0.2) is 42.5 Å². The number of rotatable bonds is 6. The number of halogens is 1. The highest BCUT2D eigenvalue weighted by atomic mass is 19.1. The maximum Gasteiger partial charge on any atom is 0.166 e. The second kappa shape index (κ2) is 7.23. The van der Waals surface area contributed by atoms with Gasteiger partial charge >= 0.3 is 0 Å². The van der Waals surface area contributed by atoms with Crippen LogP contribution in [0.25, 0.3) is 0 Å². The molecule has 0 aliphatic carbocycles. The molecule has 0 heterocycles. The largest absolute Gasteiger partial charge is 0.454 e. The molecule has 1 atom stereocenters. The molecule has 0 aliphatic heterocycles. The predicted molar refractivity (Wildman–Crippen MR) is 84.4 cm³/mol. The first-order chi connectivity index (χ1) is 10.1. The van der Waals surface area contributed by atoms with Crippen molar-refractivity contribution in [2.24, 2.45) is 0 Å². The van der Waals surface area contributed by atoms with Crippen molar-refractivity contribution in [1.82, 2.24) is 5.32 Å². The van der Waals surface area contributed by atoms with Crippen molar-refractivity contribution in [1.29, 1.82) is 0 Å². The summed E-state index contributed by atoms with van der Waals surface area (Å²) in [5, 5.41) is 3.35. The van der Waals surface area contributed by atoms with Crippen LogP contribution in [0.1, 0.15) is 37.4 Å². The Balaban J connectivity index is 2.14. The van der Waals surface area contributed by atoms with Gasteiger partial charge in [0.1, 0.15) is 5.75 Å². The van der Waals surface area contributed by atoms with Crippen LogP contribution in [0.3, 0.4) is 0 Å². The fraction of sp³-hybridized carbons (Fsp3) is 0.333. The van der Waals surface area contributed by atoms with E-state index >= 15 is 0 Å². The van der Waals surface area contributed by atoms with Gasteiger partial charge in [0, 0.05) is 6.04 Å². The van der Waals surface area contributed by atoms with Crippen molar-refractivity contribution in [2.45, 2.75) is 33.2 Å². The molecule has 2 rings (SSSR count). The van der Waals surface area contributed by atoms with Gasteiger partial charge in [-0.15, -0.1) is 0 Å². The summed E-state index contributed by atoms with van der Waals surface area (Å²) >= 11 is 0. The van der Waals surface area contributed by atoms with Gasteiger partial charge in [0.15, 0.2) is 11.6 Å². The topological polar surface area (TPSA) is 21.3 Å². The average molecular weight is 287 g/mol. The van der Waals surface area contributed by atoms with E-state index in [1.807, 2.05) is 44.2 Å². The molecule has 0 spiro atoms. The van der Waals surface area contributed by atoms with E-state index in [1.54, 1.807) is 12.1 Å². The number of ether oxygens (including phenoxy) is 1. The number of aryl methyl sites for hydroxylation is 1. The van der Waals surface area contributed by atoms with Crippen molar-refractivity contribution < 1.29 is 9.13 Å². The maximum absolute atomic E-state index is 14.2. The van der Waals surface area contributed by atoms with Crippen LogP contribution in [0.4, 0.5) is 4.39 Å². The van der Waals surface area contributed by atoms with Crippen molar-refractivity contribution in [3.8, 4) is 11.5 Å². The van der Waals surface area contributed by atoms with Gasteiger partial charge in [-0.1, -0.05) is 31.2 Å². The van der Waals surface area contributed by atoms with Gasteiger partial charge in [0.05, 0.1) is 0 Å². The number of nitrogens with one attached hydrogen (secondary N) is 1. The molecule has 2 aromatic rings. The maximum atomic E-state index is 14.2. The third-order valence-electron chi connectivity index (χ3n) is 3.47. The van der Waals surface area contributed by atoms with Crippen molar-refractivity contribution in [3.63, 3.8) is 0 Å². The normalized spacial score (nSPS) is 12.2. The van der Waals surface area contributed by atoms with Crippen molar-refractivity contribution >= 4 is 0 Å². The Labute approximate surface area is 126 Å². The summed E-state index contributed by atoms with van der Waals surface area (Å²) in [6, 6.07) is 12.9. The van der Waals surface area contributed by atoms with Crippen LogP contribution in [-0.4, -0.2) is 6.54 Å². The molecule has 0 bridgehead atoms. The molecule has 0 saturated heterocycles. The lowest BCUT2D eigenvalue weighted by Gasteiger charge is -2.15. The first-order valence-corrected chi connectivity index (χ1v) is 7.38. The lowest BCUT2D eigenvalue weighted by atomic mass is 10.1. The third-order valence-corrected chi connectivity index (χ3v) is 3.47. The molecule has 2 nitrogen and oxygen atoms in total. The standard InChI is InChI=1S/C18H22FNO/c1-4-11-20-14(3)15-9-10-18(16(19)12-15)21-17-8-6-5-7-13(17)2/h5-10,12,14,20H,4,11H2,1-3H3. The molecular weight excluding hydrogens is 265 g/mol. The predicted octanol–water partition coefficient (Wildman–Crippen LogP) is 4.99. The van der Waals surface area contributed by atoms with Crippen LogP contribution in [0.5, 0.6) is 11.5 Å². The van der Waals surface area contributed by atoms with Gasteiger partial charge in [0.2, 0.25) is 0 Å². The van der Waals surface area contributed by atoms with Crippen LogP contribution in [-0.2, 0) is 0 Å². The number of hydrogen-bond donors (Lipinski definition) is 1. The smallest absolute Gasteiger partial charge is 0.166 e. The molecular formula is C18H22FNO. The van der Waals surface area contributed by atoms with E-state index in [0.717, 1.165) is 24.1 Å². The van der Waals surface area contributed by atoms with Gasteiger partial charge in [0.25, 0.3) is 0 Å². The van der Waals surface area contributed by atoms with Crippen molar-refractivity contribution in [2.75, 3.05) is 6.54 Å². The Morgan fingerprint density at radius 3 is 2.57 bits per heavy atom. The van der Waals surface area contributed by atoms with Gasteiger partial charge in [-0.05, 0) is 56.1 Å². The molecule has 0 fully saturated rings. The summed E-state index contributed by atoms with van der Waals surface area (Å²) < 4.78 is 19.9. The van der Waals surface area contributed by atoms with E-state index in [9.17, 15) is 4.39 Å². The molecule has 0 radical (unpaired) electrons. The summed E-state index contributed by atoms with van der Waals surface area (Å²) in [5.74, 6) is 0.609. The lowest BCUT2D eigenvalue weighted by Crippen LogP contribution is -2.19. The summed E-state index contributed by atoms with van der Waals surface area (Å²) in [5.41, 5.74) is 1.91. The summed E-state index contributed by atoms with van der Waals surface area (Å²) in [7, 11) is 0. The molecule has 1 unspecified atom stereocenters. The zero-order valence-corrected chi connectivity index (χ0v) is 12.8. The third kappa shape index (κ3) is 4.05. The Hall–Kier alpha value is -1.87. The molecule has 0 aliphatic rings. The highest BCUT2D eigenvalue weighted by Crippen LogP contribution is 2.28. The number of para-hydroxylation sites is 1. The average Bonchev–Trinajstić information content (AvgIpc) is 2.49. The monoisotopic (exact) mass is 287 g/mol. The second-order valence-corrected chi connectivity index (χ2v) is 5.23. The van der Waals surface area contributed by atoms with E-state index in [4.69, 9.17) is 4.74 Å². The fourth-order valence-electron chi connectivity index (χ4n) is 2.14. The van der Waals surface area contributed by atoms with Gasteiger partial charge in [-0.25, -0.2) is 4.39 Å². The number of benzene rings is 2. The number of hydrogen-bond acceptors (Lipinski definition) is 2. The highest BCUT2D eigenvalue weighted by molar-refractivity contribution is 5.38. The molecule has 0 amide bonds. The molecule has 21 heavy (non-hydrogen) atoms. The van der Waals surface area contributed by atoms with E-state index in [0.29, 0.717) is 5.75 Å². The summed E-state index contributed by atoms with van der Waals surface area (Å²) in [6.45, 7) is 7.01. The van der Waals surface area contributed by atoms with E-state index in [-0.39, 0.29) is 17.6 Å². The first kappa shape index (κ1) is 15.5. The molecule has 0 saturated carbocycles. The molecule has 112 valence electrons. The zero-order valence-electron chi connectivity index (χ0n) is 12.8. The van der Waals surface area contributed by atoms with Crippen LogP contribution >= 0.6 is 0 Å². The van der Waals surface area contributed by atoms with Crippen LogP contribution in [0, 0.1) is 12.7 Å². The Morgan fingerprint density at radius 1 is 1.14 bits per heavy atom. The van der Waals surface area contributed by atoms with Crippen LogP contribution < -0.4 is 10.1 Å². The first-order valence-electron chi connectivity index (χ1n) is 7.38. The van der Waals surface area contributed by atoms with Crippen LogP contribution in [0.2, 0.25) is 0 Å². The van der Waals surface area contributed by atoms with E-state index in [2.05, 4.69) is 12.2 Å². The summed E-state index contributed by atoms with van der Waals surface area (Å²) in [6.07, 6.45) is 1.06. The van der Waals surface area contributed by atoms with Crippen molar-refractivity contribution in [3.05, 3.63) is 59.4 Å². The Kier molecular flexibility index (Phi) is 5.34. The Morgan fingerprint density at radius 2 is 1.90 bits per heavy atom. The summed E-state index contributed by atoms with van der Waals surface area (Å²) in [4.78, 5) is 0. The molecule has 1 N–H and O–H groups in total. The minimum Gasteiger partial charge on any atom is -0.454 e.